The normalized spacial score (nSPS) is 13.4. The number of hydrogen-bond acceptors (Lipinski definition) is 9. The number of phenolic OH excluding ortho intramolecular Hbond substituents is 2. The van der Waals surface area contributed by atoms with E-state index in [1.807, 2.05) is 18.2 Å². The number of benzene rings is 4. The molecule has 278 valence electrons. The Morgan fingerprint density at radius 2 is 1.46 bits per heavy atom. The maximum Gasteiger partial charge on any atom is 0.203 e. The minimum absolute atomic E-state index is 0.0666. The highest BCUT2D eigenvalue weighted by Crippen LogP contribution is 2.34. The fraction of sp³-hybridized carbons (Fsp3) is 0.429. The number of aryl methyl sites for hydroxylation is 2. The molecule has 0 spiro atoms. The van der Waals surface area contributed by atoms with Gasteiger partial charge in [-0.05, 0) is 109 Å². The number of anilines is 3. The molecule has 0 unspecified atom stereocenters. The Morgan fingerprint density at radius 1 is 0.788 bits per heavy atom. The van der Waals surface area contributed by atoms with Crippen LogP contribution in [0.25, 0.3) is 22.6 Å². The molecular formula is C42H57N6O4+. The summed E-state index contributed by atoms with van der Waals surface area (Å²) in [6, 6.07) is 21.6. The number of nitrogens with zero attached hydrogens (tertiary/aromatic N) is 5. The van der Waals surface area contributed by atoms with E-state index in [-0.39, 0.29) is 5.75 Å². The third kappa shape index (κ3) is 8.73. The third-order valence-corrected chi connectivity index (χ3v) is 10.2. The predicted octanol–water partition coefficient (Wildman–Crippen LogP) is 7.17. The molecule has 10 heteroatoms. The maximum absolute atomic E-state index is 9.50. The lowest BCUT2D eigenvalue weighted by molar-refractivity contribution is 0.313. The minimum Gasteiger partial charge on any atom is -0.508 e. The first kappa shape index (κ1) is 38.3. The number of hydrogen-bond donors (Lipinski definition) is 3. The Balaban J connectivity index is 0.000000165. The molecule has 52 heavy (non-hydrogen) atoms. The zero-order valence-corrected chi connectivity index (χ0v) is 31.9. The van der Waals surface area contributed by atoms with E-state index in [1.54, 1.807) is 18.2 Å². The average Bonchev–Trinajstić information content (AvgIpc) is 3.17. The van der Waals surface area contributed by atoms with Gasteiger partial charge in [0.15, 0.2) is 22.8 Å². The largest absolute Gasteiger partial charge is 0.508 e. The number of aromatic nitrogens is 1. The quantitative estimate of drug-likeness (QED) is 0.0877. The van der Waals surface area contributed by atoms with Crippen molar-refractivity contribution < 1.29 is 19.5 Å². The smallest absolute Gasteiger partial charge is 0.203 e. The Hall–Kier alpha value is -4.96. The molecule has 0 atom stereocenters. The van der Waals surface area contributed by atoms with E-state index in [1.165, 1.54) is 40.7 Å². The highest BCUT2D eigenvalue weighted by molar-refractivity contribution is 5.82. The molecule has 3 aromatic carbocycles. The van der Waals surface area contributed by atoms with Crippen molar-refractivity contribution >= 4 is 28.2 Å². The van der Waals surface area contributed by atoms with Crippen LogP contribution in [-0.2, 0) is 12.8 Å². The molecule has 0 radical (unpaired) electrons. The van der Waals surface area contributed by atoms with Crippen molar-refractivity contribution in [2.45, 2.75) is 67.2 Å². The molecule has 10 nitrogen and oxygen atoms in total. The van der Waals surface area contributed by atoms with Crippen LogP contribution in [0.15, 0.2) is 71.1 Å². The summed E-state index contributed by atoms with van der Waals surface area (Å²) in [5, 5.41) is 20.1. The van der Waals surface area contributed by atoms with Crippen LogP contribution in [0.5, 0.6) is 17.2 Å². The van der Waals surface area contributed by atoms with Crippen molar-refractivity contribution in [2.24, 2.45) is 5.90 Å². The van der Waals surface area contributed by atoms with E-state index in [0.717, 1.165) is 93.4 Å². The van der Waals surface area contributed by atoms with Crippen LogP contribution in [0.1, 0.15) is 65.5 Å². The van der Waals surface area contributed by atoms with E-state index in [2.05, 4.69) is 96.0 Å². The van der Waals surface area contributed by atoms with Gasteiger partial charge in [-0.25, -0.2) is 9.56 Å². The van der Waals surface area contributed by atoms with Crippen molar-refractivity contribution in [3.8, 4) is 28.7 Å². The van der Waals surface area contributed by atoms with Gasteiger partial charge in [0.05, 0.1) is 6.07 Å². The number of phenols is 2. The average molecular weight is 710 g/mol. The molecule has 0 saturated carbocycles. The molecule has 4 aliphatic rings. The monoisotopic (exact) mass is 709 g/mol. The van der Waals surface area contributed by atoms with Crippen LogP contribution >= 0.6 is 0 Å². The fourth-order valence-electron chi connectivity index (χ4n) is 7.24. The Bertz CT molecular complexity index is 1960. The molecule has 3 aromatic rings. The Morgan fingerprint density at radius 3 is 2.08 bits per heavy atom. The maximum atomic E-state index is 9.50. The van der Waals surface area contributed by atoms with Crippen molar-refractivity contribution in [2.75, 3.05) is 67.1 Å². The van der Waals surface area contributed by atoms with Crippen molar-refractivity contribution in [3.63, 3.8) is 0 Å². The van der Waals surface area contributed by atoms with Gasteiger partial charge in [-0.3, -0.25) is 0 Å². The van der Waals surface area contributed by atoms with Gasteiger partial charge >= 0.3 is 0 Å². The molecule has 0 aromatic heterocycles. The summed E-state index contributed by atoms with van der Waals surface area (Å²) in [5.41, 5.74) is 9.01. The molecule has 0 fully saturated rings. The first-order chi connectivity index (χ1) is 25.3. The van der Waals surface area contributed by atoms with Crippen LogP contribution in [0, 0.1) is 0 Å². The lowest BCUT2D eigenvalue weighted by Crippen LogP contribution is -2.29. The summed E-state index contributed by atoms with van der Waals surface area (Å²) in [4.78, 5) is 16.2. The zero-order valence-electron chi connectivity index (χ0n) is 31.9. The van der Waals surface area contributed by atoms with Crippen molar-refractivity contribution in [1.82, 2.24) is 9.56 Å². The van der Waals surface area contributed by atoms with Gasteiger partial charge in [0.1, 0.15) is 30.0 Å². The van der Waals surface area contributed by atoms with Gasteiger partial charge in [0, 0.05) is 80.6 Å². The van der Waals surface area contributed by atoms with Crippen LogP contribution in [0.2, 0.25) is 0 Å². The second kappa shape index (κ2) is 18.0. The van der Waals surface area contributed by atoms with E-state index in [4.69, 9.17) is 15.3 Å². The molecule has 7 rings (SSSR count). The zero-order chi connectivity index (χ0) is 37.2. The number of fused-ring (bicyclic) bond motifs is 4. The first-order valence-electron chi connectivity index (χ1n) is 19.0. The van der Waals surface area contributed by atoms with Gasteiger partial charge < -0.3 is 34.2 Å². The van der Waals surface area contributed by atoms with Crippen molar-refractivity contribution in [1.29, 1.82) is 0 Å². The van der Waals surface area contributed by atoms with E-state index in [0.29, 0.717) is 11.5 Å². The van der Waals surface area contributed by atoms with E-state index >= 15 is 0 Å². The summed E-state index contributed by atoms with van der Waals surface area (Å²) < 4.78 is 8.59. The topological polar surface area (TPSA) is 114 Å². The second-order valence-electron chi connectivity index (χ2n) is 13.1. The molecule has 3 heterocycles. The van der Waals surface area contributed by atoms with Gasteiger partial charge in [0.2, 0.25) is 5.36 Å². The summed E-state index contributed by atoms with van der Waals surface area (Å²) in [6.45, 7) is 20.9. The third-order valence-electron chi connectivity index (χ3n) is 10.2. The predicted molar refractivity (Wildman–Crippen MR) is 214 cm³/mol. The van der Waals surface area contributed by atoms with Crippen molar-refractivity contribution in [3.05, 3.63) is 83.2 Å². The Labute approximate surface area is 308 Å². The fourth-order valence-corrected chi connectivity index (χ4v) is 7.24. The molecule has 0 saturated heterocycles. The number of nitrogens with two attached hydrogens (primary N) is 1. The SMILES string of the molecule is CCN(CC)c1ccc(ON)c(O)c1.CCN1CCCc2cc3nc4ccc(=[N+](CC)CC)cc-4oc3cc21.CCN1CCCc2ccc(O)cc21. The lowest BCUT2D eigenvalue weighted by atomic mass is 10.0. The number of aromatic hydroxyl groups is 2. The second-order valence-corrected chi connectivity index (χ2v) is 13.1. The highest BCUT2D eigenvalue weighted by Gasteiger charge is 2.19. The van der Waals surface area contributed by atoms with Gasteiger partial charge in [-0.15, -0.1) is 0 Å². The summed E-state index contributed by atoms with van der Waals surface area (Å²) >= 11 is 0. The van der Waals surface area contributed by atoms with Crippen LogP contribution in [-0.4, -0.2) is 67.6 Å². The van der Waals surface area contributed by atoms with Gasteiger partial charge in [-0.1, -0.05) is 6.07 Å². The van der Waals surface area contributed by atoms with Gasteiger partial charge in [-0.2, -0.15) is 5.90 Å². The van der Waals surface area contributed by atoms with Gasteiger partial charge in [0.25, 0.3) is 0 Å². The summed E-state index contributed by atoms with van der Waals surface area (Å²) in [7, 11) is 0. The van der Waals surface area contributed by atoms with Crippen LogP contribution < -0.4 is 35.4 Å². The number of rotatable bonds is 8. The standard InChI is InChI=1S/C21H26N3O.C11H15NO.C10H16N2O2/c1-4-23(5-2)16-9-10-17-20(13-16)25-21-14-19-15(12-18(21)22-17)8-7-11-24(19)6-3;1-2-12-7-3-4-9-5-6-10(13)8-11(9)12;1-3-12(4-2)8-5-6-10(14-11)9(13)7-8/h9-10,12-14H,4-8,11H2,1-3H3;5-6,8,13H,2-4,7H2,1H3;5-7,13H,3-4,11H2,1-2H3/q+1;;. The minimum atomic E-state index is 0.0666. The van der Waals surface area contributed by atoms with Crippen LogP contribution in [0.3, 0.4) is 0 Å². The summed E-state index contributed by atoms with van der Waals surface area (Å²) in [6.07, 6.45) is 4.71. The van der Waals surface area contributed by atoms with Crippen LogP contribution in [0.4, 0.5) is 17.1 Å². The highest BCUT2D eigenvalue weighted by atomic mass is 16.6. The molecule has 1 aliphatic carbocycles. The molecule has 0 bridgehead atoms. The molecule has 0 amide bonds. The Kier molecular flexibility index (Phi) is 13.2. The molecule has 3 aliphatic heterocycles. The van der Waals surface area contributed by atoms with E-state index < -0.39 is 0 Å². The molecular weight excluding hydrogens is 652 g/mol. The lowest BCUT2D eigenvalue weighted by Gasteiger charge is -2.30. The first-order valence-corrected chi connectivity index (χ1v) is 19.0. The summed E-state index contributed by atoms with van der Waals surface area (Å²) in [5.74, 6) is 6.56. The molecule has 4 N–H and O–H groups in total. The van der Waals surface area contributed by atoms with E-state index in [9.17, 15) is 10.2 Å².